The van der Waals surface area contributed by atoms with Crippen molar-refractivity contribution in [1.82, 2.24) is 4.98 Å². The smallest absolute Gasteiger partial charge is 0.257 e. The van der Waals surface area contributed by atoms with Gasteiger partial charge in [-0.05, 0) is 32.0 Å². The number of methoxy groups -OCH3 is 1. The van der Waals surface area contributed by atoms with Crippen molar-refractivity contribution in [2.45, 2.75) is 19.4 Å². The monoisotopic (exact) mass is 265 g/mol. The van der Waals surface area contributed by atoms with E-state index in [2.05, 4.69) is 10.3 Å². The summed E-state index contributed by atoms with van der Waals surface area (Å²) in [6, 6.07) is 5.45. The molecule has 1 aromatic carbocycles. The van der Waals surface area contributed by atoms with Crippen LogP contribution in [0.2, 0.25) is 0 Å². The number of thiazole rings is 1. The molecule has 18 heavy (non-hydrogen) atoms. The highest BCUT2D eigenvalue weighted by atomic mass is 32.1. The number of nitrogens with one attached hydrogen (secondary N) is 1. The van der Waals surface area contributed by atoms with E-state index < -0.39 is 5.60 Å². The highest BCUT2D eigenvalue weighted by Crippen LogP contribution is 2.28. The lowest BCUT2D eigenvalue weighted by Crippen LogP contribution is -2.38. The van der Waals surface area contributed by atoms with E-state index in [1.807, 2.05) is 12.1 Å². The molecule has 5 nitrogen and oxygen atoms in total. The van der Waals surface area contributed by atoms with Crippen LogP contribution < -0.4 is 11.1 Å². The van der Waals surface area contributed by atoms with Crippen molar-refractivity contribution in [2.24, 2.45) is 0 Å². The summed E-state index contributed by atoms with van der Waals surface area (Å²) in [5, 5.41) is 3.29. The van der Waals surface area contributed by atoms with Crippen LogP contribution in [0.15, 0.2) is 18.2 Å². The summed E-state index contributed by atoms with van der Waals surface area (Å²) in [6.45, 7) is 3.40. The lowest BCUT2D eigenvalue weighted by atomic mass is 10.1. The van der Waals surface area contributed by atoms with Crippen LogP contribution in [0.5, 0.6) is 0 Å². The Morgan fingerprint density at radius 3 is 2.89 bits per heavy atom. The first-order valence-electron chi connectivity index (χ1n) is 5.45. The molecule has 3 N–H and O–H groups in total. The van der Waals surface area contributed by atoms with Crippen LogP contribution in [0.4, 0.5) is 10.8 Å². The fraction of sp³-hybridized carbons (Fsp3) is 0.333. The van der Waals surface area contributed by atoms with Gasteiger partial charge < -0.3 is 10.5 Å². The molecule has 0 spiro atoms. The zero-order valence-electron chi connectivity index (χ0n) is 10.5. The molecule has 0 unspecified atom stereocenters. The number of nitrogen functional groups attached to an aromatic ring is 1. The van der Waals surface area contributed by atoms with E-state index in [0.717, 1.165) is 10.2 Å². The third-order valence-electron chi connectivity index (χ3n) is 2.69. The van der Waals surface area contributed by atoms with E-state index in [1.54, 1.807) is 19.9 Å². The number of hydrogen-bond acceptors (Lipinski definition) is 5. The SMILES string of the molecule is COC(C)(C)C(=O)Nc1nc2ccc(N)cc2s1. The van der Waals surface area contributed by atoms with Gasteiger partial charge in [-0.1, -0.05) is 11.3 Å². The summed E-state index contributed by atoms with van der Waals surface area (Å²) in [4.78, 5) is 16.2. The number of carbonyl (C=O) groups is 1. The van der Waals surface area contributed by atoms with Gasteiger partial charge >= 0.3 is 0 Å². The molecule has 6 heteroatoms. The highest BCUT2D eigenvalue weighted by Gasteiger charge is 2.27. The summed E-state index contributed by atoms with van der Waals surface area (Å²) in [5.41, 5.74) is 6.32. The maximum absolute atomic E-state index is 11.9. The van der Waals surface area contributed by atoms with Crippen molar-refractivity contribution >= 4 is 38.3 Å². The van der Waals surface area contributed by atoms with Gasteiger partial charge in [0.25, 0.3) is 5.91 Å². The van der Waals surface area contributed by atoms with E-state index in [9.17, 15) is 4.79 Å². The van der Waals surface area contributed by atoms with E-state index in [0.29, 0.717) is 10.8 Å². The Balaban J connectivity index is 2.25. The van der Waals surface area contributed by atoms with E-state index in [-0.39, 0.29) is 5.91 Å². The number of hydrogen-bond donors (Lipinski definition) is 2. The lowest BCUT2D eigenvalue weighted by molar-refractivity contribution is -0.133. The number of benzene rings is 1. The predicted octanol–water partition coefficient (Wildman–Crippen LogP) is 2.24. The van der Waals surface area contributed by atoms with E-state index >= 15 is 0 Å². The van der Waals surface area contributed by atoms with Crippen molar-refractivity contribution in [3.8, 4) is 0 Å². The average molecular weight is 265 g/mol. The average Bonchev–Trinajstić information content (AvgIpc) is 2.70. The quantitative estimate of drug-likeness (QED) is 0.834. The molecular weight excluding hydrogens is 250 g/mol. The number of carbonyl (C=O) groups excluding carboxylic acids is 1. The summed E-state index contributed by atoms with van der Waals surface area (Å²) in [6.07, 6.45) is 0. The second-order valence-electron chi connectivity index (χ2n) is 4.41. The first-order valence-corrected chi connectivity index (χ1v) is 6.27. The Kier molecular flexibility index (Phi) is 3.23. The Labute approximate surface area is 109 Å². The Bertz CT molecular complexity index is 592. The molecule has 0 saturated carbocycles. The molecule has 2 aromatic rings. The molecule has 0 radical (unpaired) electrons. The van der Waals surface area contributed by atoms with Crippen molar-refractivity contribution < 1.29 is 9.53 Å². The van der Waals surface area contributed by atoms with Gasteiger partial charge in [0.1, 0.15) is 5.60 Å². The Morgan fingerprint density at radius 2 is 2.22 bits per heavy atom. The van der Waals surface area contributed by atoms with Crippen LogP contribution in [0.1, 0.15) is 13.8 Å². The Morgan fingerprint density at radius 1 is 1.50 bits per heavy atom. The molecule has 0 atom stereocenters. The first kappa shape index (κ1) is 12.8. The van der Waals surface area contributed by atoms with Crippen molar-refractivity contribution in [3.63, 3.8) is 0 Å². The molecule has 1 amide bonds. The number of nitrogens with zero attached hydrogens (tertiary/aromatic N) is 1. The second-order valence-corrected chi connectivity index (χ2v) is 5.45. The largest absolute Gasteiger partial charge is 0.399 e. The highest BCUT2D eigenvalue weighted by molar-refractivity contribution is 7.22. The molecule has 0 aliphatic heterocycles. The van der Waals surface area contributed by atoms with E-state index in [1.165, 1.54) is 18.4 Å². The third-order valence-corrected chi connectivity index (χ3v) is 3.62. The Hall–Kier alpha value is -1.66. The maximum atomic E-state index is 11.9. The van der Waals surface area contributed by atoms with Crippen molar-refractivity contribution in [3.05, 3.63) is 18.2 Å². The molecule has 96 valence electrons. The number of rotatable bonds is 3. The minimum Gasteiger partial charge on any atom is -0.399 e. The zero-order valence-corrected chi connectivity index (χ0v) is 11.3. The van der Waals surface area contributed by atoms with Crippen LogP contribution in [-0.2, 0) is 9.53 Å². The molecule has 0 fully saturated rings. The number of fused-ring (bicyclic) bond motifs is 1. The standard InChI is InChI=1S/C12H15N3O2S/c1-12(2,17-3)10(16)15-11-14-8-5-4-7(13)6-9(8)18-11/h4-6H,13H2,1-3H3,(H,14,15,16). The third kappa shape index (κ3) is 2.44. The fourth-order valence-electron chi connectivity index (χ4n) is 1.34. The summed E-state index contributed by atoms with van der Waals surface area (Å²) >= 11 is 1.39. The topological polar surface area (TPSA) is 77.2 Å². The van der Waals surface area contributed by atoms with Gasteiger partial charge in [0.2, 0.25) is 0 Å². The van der Waals surface area contributed by atoms with Crippen LogP contribution in [0.3, 0.4) is 0 Å². The van der Waals surface area contributed by atoms with Crippen molar-refractivity contribution in [1.29, 1.82) is 0 Å². The molecule has 0 aliphatic carbocycles. The molecule has 1 heterocycles. The van der Waals surface area contributed by atoms with Gasteiger partial charge in [0, 0.05) is 12.8 Å². The van der Waals surface area contributed by atoms with Crippen LogP contribution in [-0.4, -0.2) is 23.6 Å². The van der Waals surface area contributed by atoms with Crippen LogP contribution in [0.25, 0.3) is 10.2 Å². The molecule has 0 saturated heterocycles. The number of ether oxygens (including phenoxy) is 1. The summed E-state index contributed by atoms with van der Waals surface area (Å²) < 4.78 is 6.05. The fourth-order valence-corrected chi connectivity index (χ4v) is 2.24. The molecule has 0 aliphatic rings. The maximum Gasteiger partial charge on any atom is 0.257 e. The molecule has 0 bridgehead atoms. The van der Waals surface area contributed by atoms with Gasteiger partial charge in [-0.3, -0.25) is 10.1 Å². The van der Waals surface area contributed by atoms with Gasteiger partial charge in [-0.2, -0.15) is 0 Å². The summed E-state index contributed by atoms with van der Waals surface area (Å²) in [7, 11) is 1.50. The van der Waals surface area contributed by atoms with Crippen LogP contribution in [0, 0.1) is 0 Å². The zero-order chi connectivity index (χ0) is 13.3. The number of nitrogens with two attached hydrogens (primary N) is 1. The normalized spacial score (nSPS) is 11.7. The summed E-state index contributed by atoms with van der Waals surface area (Å²) in [5.74, 6) is -0.225. The lowest BCUT2D eigenvalue weighted by Gasteiger charge is -2.20. The van der Waals surface area contributed by atoms with Crippen molar-refractivity contribution in [2.75, 3.05) is 18.2 Å². The minimum absolute atomic E-state index is 0.225. The molecule has 2 rings (SSSR count). The molecule has 1 aromatic heterocycles. The van der Waals surface area contributed by atoms with Gasteiger partial charge in [-0.15, -0.1) is 0 Å². The number of amides is 1. The van der Waals surface area contributed by atoms with Gasteiger partial charge in [0.15, 0.2) is 5.13 Å². The first-order chi connectivity index (χ1) is 8.42. The number of aromatic nitrogens is 1. The predicted molar refractivity (Wildman–Crippen MR) is 73.8 cm³/mol. The van der Waals surface area contributed by atoms with Gasteiger partial charge in [0.05, 0.1) is 10.2 Å². The van der Waals surface area contributed by atoms with E-state index in [4.69, 9.17) is 10.5 Å². The van der Waals surface area contributed by atoms with Gasteiger partial charge in [-0.25, -0.2) is 4.98 Å². The minimum atomic E-state index is -0.878. The van der Waals surface area contributed by atoms with Crippen LogP contribution >= 0.6 is 11.3 Å². The second kappa shape index (κ2) is 4.55. The number of anilines is 2. The molecular formula is C12H15N3O2S.